The minimum absolute atomic E-state index is 0.190. The lowest BCUT2D eigenvalue weighted by molar-refractivity contribution is 0.564. The number of aryl methyl sites for hydroxylation is 1. The predicted molar refractivity (Wildman–Crippen MR) is 72.1 cm³/mol. The number of rotatable bonds is 4. The van der Waals surface area contributed by atoms with Gasteiger partial charge in [-0.2, -0.15) is 0 Å². The van der Waals surface area contributed by atoms with E-state index in [1.165, 1.54) is 17.1 Å². The van der Waals surface area contributed by atoms with Gasteiger partial charge in [0.25, 0.3) is 0 Å². The zero-order valence-electron chi connectivity index (χ0n) is 10.0. The lowest BCUT2D eigenvalue weighted by Gasteiger charge is -2.14. The number of alkyl halides is 1. The minimum atomic E-state index is 0.190. The maximum absolute atomic E-state index is 4.69. The van der Waals surface area contributed by atoms with Crippen molar-refractivity contribution in [2.24, 2.45) is 5.92 Å². The van der Waals surface area contributed by atoms with Crippen LogP contribution in [0.1, 0.15) is 44.8 Å². The van der Waals surface area contributed by atoms with E-state index in [9.17, 15) is 0 Å². The summed E-state index contributed by atoms with van der Waals surface area (Å²) in [5.41, 5.74) is 1.42. The Morgan fingerprint density at radius 3 is 2.60 bits per heavy atom. The first kappa shape index (κ1) is 13.2. The van der Waals surface area contributed by atoms with Crippen molar-refractivity contribution in [3.8, 4) is 0 Å². The van der Waals surface area contributed by atoms with Crippen LogP contribution in [-0.2, 0) is 11.8 Å². The van der Waals surface area contributed by atoms with Gasteiger partial charge in [0.05, 0.1) is 10.7 Å². The fourth-order valence-corrected chi connectivity index (χ4v) is 2.58. The summed E-state index contributed by atoms with van der Waals surface area (Å²) in [5.74, 6) is 0.743. The molecular formula is C12H20BrNS. The van der Waals surface area contributed by atoms with Crippen LogP contribution in [0.15, 0.2) is 5.38 Å². The quantitative estimate of drug-likeness (QED) is 0.749. The van der Waals surface area contributed by atoms with Crippen molar-refractivity contribution in [1.29, 1.82) is 0 Å². The van der Waals surface area contributed by atoms with Crippen molar-refractivity contribution < 1.29 is 0 Å². The Balaban J connectivity index is 2.54. The lowest BCUT2D eigenvalue weighted by Crippen LogP contribution is -2.11. The van der Waals surface area contributed by atoms with Gasteiger partial charge in [0.1, 0.15) is 0 Å². The van der Waals surface area contributed by atoms with Gasteiger partial charge < -0.3 is 0 Å². The fraction of sp³-hybridized carbons (Fsp3) is 0.750. The first-order valence-electron chi connectivity index (χ1n) is 5.44. The minimum Gasteiger partial charge on any atom is -0.246 e. The molecular weight excluding hydrogens is 270 g/mol. The number of thiazole rings is 1. The Hall–Kier alpha value is 0.110. The monoisotopic (exact) mass is 289 g/mol. The summed E-state index contributed by atoms with van der Waals surface area (Å²) in [4.78, 5) is 4.69. The first-order valence-corrected chi connectivity index (χ1v) is 7.44. The number of halogens is 1. The topological polar surface area (TPSA) is 12.9 Å². The zero-order valence-corrected chi connectivity index (χ0v) is 12.4. The van der Waals surface area contributed by atoms with Crippen LogP contribution >= 0.6 is 27.3 Å². The molecule has 0 amide bonds. The molecule has 0 aliphatic carbocycles. The van der Waals surface area contributed by atoms with Crippen LogP contribution in [0.25, 0.3) is 0 Å². The van der Waals surface area contributed by atoms with E-state index < -0.39 is 0 Å². The highest BCUT2D eigenvalue weighted by molar-refractivity contribution is 9.09. The standard InChI is InChI=1S/C12H20BrNS/c1-9(7-13)5-6-11-14-10(8-15-11)12(2,3)4/h8-9H,5-7H2,1-4H3. The molecule has 0 N–H and O–H groups in total. The number of aromatic nitrogens is 1. The van der Waals surface area contributed by atoms with Crippen LogP contribution in [0, 0.1) is 5.92 Å². The Morgan fingerprint density at radius 1 is 1.47 bits per heavy atom. The highest BCUT2D eigenvalue weighted by Crippen LogP contribution is 2.25. The summed E-state index contributed by atoms with van der Waals surface area (Å²) in [5, 5.41) is 4.58. The molecule has 1 heterocycles. The highest BCUT2D eigenvalue weighted by Gasteiger charge is 2.17. The summed E-state index contributed by atoms with van der Waals surface area (Å²) < 4.78 is 0. The average molecular weight is 290 g/mol. The Kier molecular flexibility index (Phi) is 4.78. The average Bonchev–Trinajstić information content (AvgIpc) is 2.61. The van der Waals surface area contributed by atoms with E-state index in [4.69, 9.17) is 4.98 Å². The largest absolute Gasteiger partial charge is 0.246 e. The van der Waals surface area contributed by atoms with Crippen LogP contribution < -0.4 is 0 Å². The van der Waals surface area contributed by atoms with E-state index in [0.717, 1.165) is 17.7 Å². The lowest BCUT2D eigenvalue weighted by atomic mass is 9.93. The second kappa shape index (κ2) is 5.44. The van der Waals surface area contributed by atoms with Gasteiger partial charge in [0.15, 0.2) is 0 Å². The number of hydrogen-bond donors (Lipinski definition) is 0. The van der Waals surface area contributed by atoms with Gasteiger partial charge in [-0.25, -0.2) is 4.98 Å². The third-order valence-electron chi connectivity index (χ3n) is 2.43. The molecule has 0 bridgehead atoms. The molecule has 15 heavy (non-hydrogen) atoms. The van der Waals surface area contributed by atoms with Crippen molar-refractivity contribution in [2.45, 2.75) is 46.0 Å². The van der Waals surface area contributed by atoms with Gasteiger partial charge in [-0.15, -0.1) is 11.3 Å². The number of nitrogens with zero attached hydrogens (tertiary/aromatic N) is 1. The van der Waals surface area contributed by atoms with E-state index in [0.29, 0.717) is 0 Å². The molecule has 1 nitrogen and oxygen atoms in total. The van der Waals surface area contributed by atoms with Gasteiger partial charge in [0.2, 0.25) is 0 Å². The molecule has 1 atom stereocenters. The summed E-state index contributed by atoms with van der Waals surface area (Å²) in [6.07, 6.45) is 2.34. The third-order valence-corrected chi connectivity index (χ3v) is 4.45. The summed E-state index contributed by atoms with van der Waals surface area (Å²) in [7, 11) is 0. The van der Waals surface area contributed by atoms with Crippen LogP contribution in [0.3, 0.4) is 0 Å². The molecule has 1 aromatic heterocycles. The normalized spacial score (nSPS) is 14.2. The maximum atomic E-state index is 4.69. The van der Waals surface area contributed by atoms with Crippen molar-refractivity contribution >= 4 is 27.3 Å². The molecule has 1 rings (SSSR count). The summed E-state index contributed by atoms with van der Waals surface area (Å²) in [6, 6.07) is 0. The molecule has 0 radical (unpaired) electrons. The highest BCUT2D eigenvalue weighted by atomic mass is 79.9. The van der Waals surface area contributed by atoms with Gasteiger partial charge in [-0.1, -0.05) is 43.6 Å². The molecule has 0 saturated heterocycles. The van der Waals surface area contributed by atoms with E-state index in [-0.39, 0.29) is 5.41 Å². The Bertz CT molecular complexity index is 301. The molecule has 0 aliphatic heterocycles. The van der Waals surface area contributed by atoms with Crippen LogP contribution in [0.5, 0.6) is 0 Å². The first-order chi connectivity index (χ1) is 6.93. The van der Waals surface area contributed by atoms with Crippen LogP contribution in [0.2, 0.25) is 0 Å². The molecule has 1 unspecified atom stereocenters. The molecule has 0 fully saturated rings. The van der Waals surface area contributed by atoms with Gasteiger partial charge >= 0.3 is 0 Å². The van der Waals surface area contributed by atoms with Crippen molar-refractivity contribution in [3.63, 3.8) is 0 Å². The molecule has 86 valence electrons. The van der Waals surface area contributed by atoms with Crippen LogP contribution in [-0.4, -0.2) is 10.3 Å². The van der Waals surface area contributed by atoms with E-state index in [1.54, 1.807) is 11.3 Å². The molecule has 0 aliphatic rings. The second-order valence-electron chi connectivity index (χ2n) is 5.17. The molecule has 0 aromatic carbocycles. The molecule has 0 spiro atoms. The smallest absolute Gasteiger partial charge is 0.0928 e. The van der Waals surface area contributed by atoms with Gasteiger partial charge in [0, 0.05) is 16.1 Å². The summed E-state index contributed by atoms with van der Waals surface area (Å²) in [6.45, 7) is 8.92. The van der Waals surface area contributed by atoms with Gasteiger partial charge in [-0.05, 0) is 18.8 Å². The van der Waals surface area contributed by atoms with Crippen molar-refractivity contribution in [1.82, 2.24) is 4.98 Å². The zero-order chi connectivity index (χ0) is 11.5. The SMILES string of the molecule is CC(CBr)CCc1nc(C(C)(C)C)cs1. The Morgan fingerprint density at radius 2 is 2.13 bits per heavy atom. The van der Waals surface area contributed by atoms with E-state index in [1.807, 2.05) is 0 Å². The number of hydrogen-bond acceptors (Lipinski definition) is 2. The fourth-order valence-electron chi connectivity index (χ4n) is 1.22. The van der Waals surface area contributed by atoms with Gasteiger partial charge in [-0.3, -0.25) is 0 Å². The van der Waals surface area contributed by atoms with E-state index in [2.05, 4.69) is 49.0 Å². The van der Waals surface area contributed by atoms with Crippen molar-refractivity contribution in [2.75, 3.05) is 5.33 Å². The second-order valence-corrected chi connectivity index (χ2v) is 6.76. The van der Waals surface area contributed by atoms with E-state index >= 15 is 0 Å². The predicted octanol–water partition coefficient (Wildman–Crippen LogP) is 4.40. The maximum Gasteiger partial charge on any atom is 0.0928 e. The molecule has 1 aromatic rings. The molecule has 0 saturated carbocycles. The van der Waals surface area contributed by atoms with Crippen molar-refractivity contribution in [3.05, 3.63) is 16.1 Å². The molecule has 3 heteroatoms. The Labute approximate surface area is 105 Å². The third kappa shape index (κ3) is 4.23. The summed E-state index contributed by atoms with van der Waals surface area (Å²) >= 11 is 5.31. The van der Waals surface area contributed by atoms with Crippen LogP contribution in [0.4, 0.5) is 0 Å².